The number of benzene rings is 2. The van der Waals surface area contributed by atoms with Gasteiger partial charge in [0.25, 0.3) is 5.91 Å². The van der Waals surface area contributed by atoms with E-state index in [-0.39, 0.29) is 18.0 Å². The zero-order chi connectivity index (χ0) is 26.1. The van der Waals surface area contributed by atoms with Crippen molar-refractivity contribution in [2.75, 3.05) is 19.4 Å². The summed E-state index contributed by atoms with van der Waals surface area (Å²) >= 11 is 0. The molecule has 1 aliphatic rings. The fourth-order valence-corrected chi connectivity index (χ4v) is 5.13. The first kappa shape index (κ1) is 23.1. The van der Waals surface area contributed by atoms with Gasteiger partial charge in [-0.05, 0) is 37.1 Å². The van der Waals surface area contributed by atoms with Gasteiger partial charge in [0.05, 0.1) is 65.6 Å². The second kappa shape index (κ2) is 8.10. The molecule has 0 radical (unpaired) electrons. The molecular weight excluding hydrogens is 473 g/mol. The van der Waals surface area contributed by atoms with Crippen LogP contribution in [0, 0.1) is 5.82 Å². The number of amides is 1. The number of hydrogen-bond acceptors (Lipinski definition) is 6. The van der Waals surface area contributed by atoms with Gasteiger partial charge in [-0.3, -0.25) is 9.20 Å². The van der Waals surface area contributed by atoms with Crippen LogP contribution in [0.4, 0.5) is 10.2 Å². The Hall–Kier alpha value is -4.31. The van der Waals surface area contributed by atoms with E-state index in [1.54, 1.807) is 30.3 Å². The minimum Gasteiger partial charge on any atom is -0.382 e. The van der Waals surface area contributed by atoms with E-state index in [1.165, 1.54) is 17.0 Å². The number of ether oxygens (including phenoxy) is 1. The van der Waals surface area contributed by atoms with E-state index in [0.717, 1.165) is 22.4 Å². The van der Waals surface area contributed by atoms with Crippen molar-refractivity contribution in [3.63, 3.8) is 0 Å². The quantitative estimate of drug-likeness (QED) is 0.401. The van der Waals surface area contributed by atoms with Crippen LogP contribution in [0.15, 0.2) is 55.4 Å². The highest BCUT2D eigenvalue weighted by molar-refractivity contribution is 5.98. The number of imidazole rings is 2. The number of rotatable bonds is 3. The Kier molecular flexibility index (Phi) is 5.06. The van der Waals surface area contributed by atoms with Crippen LogP contribution in [-0.4, -0.2) is 48.4 Å². The molecule has 6 rings (SSSR count). The van der Waals surface area contributed by atoms with Gasteiger partial charge in [-0.25, -0.2) is 19.3 Å². The summed E-state index contributed by atoms with van der Waals surface area (Å²) < 4.78 is 25.1. The number of fused-ring (bicyclic) bond motifs is 4. The van der Waals surface area contributed by atoms with Crippen molar-refractivity contribution in [2.45, 2.75) is 25.5 Å². The minimum atomic E-state index is -0.667. The summed E-state index contributed by atoms with van der Waals surface area (Å²) in [6.45, 7) is 4.30. The van der Waals surface area contributed by atoms with Crippen LogP contribution in [0.2, 0.25) is 0 Å². The Bertz CT molecular complexity index is 1700. The molecule has 4 heterocycles. The van der Waals surface area contributed by atoms with Gasteiger partial charge in [-0.1, -0.05) is 12.1 Å². The third-order valence-corrected chi connectivity index (χ3v) is 7.26. The summed E-state index contributed by atoms with van der Waals surface area (Å²) in [6, 6.07) is 8.47. The number of nitrogens with two attached hydrogens (primary N) is 1. The lowest BCUT2D eigenvalue weighted by molar-refractivity contribution is -0.0611. The molecule has 1 amide bonds. The zero-order valence-electron chi connectivity index (χ0n) is 20.9. The molecule has 2 aromatic carbocycles. The number of nitrogens with zero attached hydrogens (tertiary/aromatic N) is 6. The number of carbonyl (C=O) groups excluding carboxylic acids is 1. The number of likely N-dealkylation sites (N-methyl/N-ethyl adjacent to an activating group) is 1. The fourth-order valence-electron chi connectivity index (χ4n) is 5.13. The molecule has 37 heavy (non-hydrogen) atoms. The van der Waals surface area contributed by atoms with Crippen molar-refractivity contribution >= 4 is 28.3 Å². The number of halogens is 1. The molecule has 0 spiro atoms. The number of hydrogen-bond donors (Lipinski definition) is 1. The Morgan fingerprint density at radius 2 is 1.95 bits per heavy atom. The van der Waals surface area contributed by atoms with Gasteiger partial charge in [-0.2, -0.15) is 0 Å². The van der Waals surface area contributed by atoms with Gasteiger partial charge >= 0.3 is 0 Å². The largest absolute Gasteiger partial charge is 0.382 e. The lowest BCUT2D eigenvalue weighted by Crippen LogP contribution is -2.41. The maximum absolute atomic E-state index is 15.2. The SMILES string of the molecule is CN(C(=O)c1cc2c(cc1F)nc(N)c1cncn12)[C@@H]1COC(C)(C)c2cc(-c3cncn3C)ccc21. The molecule has 1 aliphatic heterocycles. The summed E-state index contributed by atoms with van der Waals surface area (Å²) in [6.07, 6.45) is 6.72. The van der Waals surface area contributed by atoms with Crippen LogP contribution in [0.1, 0.15) is 41.4 Å². The second-order valence-electron chi connectivity index (χ2n) is 9.91. The van der Waals surface area contributed by atoms with Gasteiger partial charge < -0.3 is 19.9 Å². The molecular formula is C27H26FN7O2. The standard InChI is InChI=1S/C27H26FN7O2/c1-27(2)18-7-15(22-10-30-13-33(22)3)5-6-16(18)24(12-37-27)34(4)26(36)17-8-21-20(9-19(17)28)32-25(29)23-11-31-14-35(21)23/h5-11,13-14,24H,12H2,1-4H3,(H2,29,32)/t24-/m1/s1. The van der Waals surface area contributed by atoms with Gasteiger partial charge in [-0.15, -0.1) is 0 Å². The van der Waals surface area contributed by atoms with Gasteiger partial charge in [0.15, 0.2) is 0 Å². The maximum Gasteiger partial charge on any atom is 0.257 e. The van der Waals surface area contributed by atoms with Gasteiger partial charge in [0, 0.05) is 25.7 Å². The molecule has 0 saturated heterocycles. The van der Waals surface area contributed by atoms with Gasteiger partial charge in [0.1, 0.15) is 17.2 Å². The Balaban J connectivity index is 1.41. The van der Waals surface area contributed by atoms with E-state index >= 15 is 4.39 Å². The van der Waals surface area contributed by atoms with Crippen LogP contribution in [0.5, 0.6) is 0 Å². The third-order valence-electron chi connectivity index (χ3n) is 7.26. The van der Waals surface area contributed by atoms with E-state index in [9.17, 15) is 4.79 Å². The molecule has 0 bridgehead atoms. The minimum absolute atomic E-state index is 0.0607. The number of anilines is 1. The number of carbonyl (C=O) groups is 1. The first-order valence-electron chi connectivity index (χ1n) is 11.9. The topological polar surface area (TPSA) is 104 Å². The van der Waals surface area contributed by atoms with Crippen molar-refractivity contribution in [2.24, 2.45) is 7.05 Å². The van der Waals surface area contributed by atoms with Crippen LogP contribution in [0.25, 0.3) is 27.8 Å². The van der Waals surface area contributed by atoms with E-state index in [4.69, 9.17) is 10.5 Å². The van der Waals surface area contributed by atoms with Crippen molar-refractivity contribution in [1.82, 2.24) is 28.8 Å². The molecule has 3 aromatic heterocycles. The summed E-state index contributed by atoms with van der Waals surface area (Å²) in [5, 5.41) is 0. The zero-order valence-corrected chi connectivity index (χ0v) is 20.9. The number of aryl methyl sites for hydroxylation is 1. The number of nitrogen functional groups attached to an aromatic ring is 1. The summed E-state index contributed by atoms with van der Waals surface area (Å²) in [5.41, 5.74) is 10.8. The molecule has 9 nitrogen and oxygen atoms in total. The fraction of sp³-hybridized carbons (Fsp3) is 0.259. The van der Waals surface area contributed by atoms with E-state index < -0.39 is 23.4 Å². The lowest BCUT2D eigenvalue weighted by atomic mass is 9.84. The molecule has 188 valence electrons. The molecule has 10 heteroatoms. The van der Waals surface area contributed by atoms with Crippen LogP contribution < -0.4 is 5.73 Å². The van der Waals surface area contributed by atoms with Crippen molar-refractivity contribution in [3.05, 3.63) is 77.9 Å². The van der Waals surface area contributed by atoms with Crippen LogP contribution in [0.3, 0.4) is 0 Å². The molecule has 5 aromatic rings. The molecule has 0 unspecified atom stereocenters. The second-order valence-corrected chi connectivity index (χ2v) is 9.91. The average Bonchev–Trinajstić information content (AvgIpc) is 3.53. The predicted octanol–water partition coefficient (Wildman–Crippen LogP) is 4.08. The van der Waals surface area contributed by atoms with E-state index in [1.807, 2.05) is 43.8 Å². The summed E-state index contributed by atoms with van der Waals surface area (Å²) in [4.78, 5) is 27.8. The Morgan fingerprint density at radius 3 is 2.70 bits per heavy atom. The highest BCUT2D eigenvalue weighted by atomic mass is 19.1. The normalized spacial score (nSPS) is 16.7. The van der Waals surface area contributed by atoms with E-state index in [0.29, 0.717) is 16.6 Å². The first-order chi connectivity index (χ1) is 17.7. The lowest BCUT2D eigenvalue weighted by Gasteiger charge is -2.41. The highest BCUT2D eigenvalue weighted by Gasteiger charge is 2.37. The Morgan fingerprint density at radius 1 is 1.16 bits per heavy atom. The summed E-state index contributed by atoms with van der Waals surface area (Å²) in [7, 11) is 3.61. The molecule has 0 saturated carbocycles. The molecule has 1 atom stereocenters. The Labute approximate surface area is 212 Å². The maximum atomic E-state index is 15.2. The number of aromatic nitrogens is 5. The van der Waals surface area contributed by atoms with Crippen molar-refractivity contribution < 1.29 is 13.9 Å². The van der Waals surface area contributed by atoms with Crippen LogP contribution >= 0.6 is 0 Å². The summed E-state index contributed by atoms with van der Waals surface area (Å²) in [5.74, 6) is -0.885. The van der Waals surface area contributed by atoms with Crippen LogP contribution in [-0.2, 0) is 17.4 Å². The monoisotopic (exact) mass is 499 g/mol. The molecule has 2 N–H and O–H groups in total. The smallest absolute Gasteiger partial charge is 0.257 e. The van der Waals surface area contributed by atoms with E-state index in [2.05, 4.69) is 21.0 Å². The van der Waals surface area contributed by atoms with Crippen molar-refractivity contribution in [3.8, 4) is 11.3 Å². The highest BCUT2D eigenvalue weighted by Crippen LogP contribution is 2.41. The third kappa shape index (κ3) is 3.55. The first-order valence-corrected chi connectivity index (χ1v) is 11.9. The van der Waals surface area contributed by atoms with Crippen molar-refractivity contribution in [1.29, 1.82) is 0 Å². The molecule has 0 aliphatic carbocycles. The average molecular weight is 500 g/mol. The molecule has 0 fully saturated rings. The predicted molar refractivity (Wildman–Crippen MR) is 137 cm³/mol. The van der Waals surface area contributed by atoms with Gasteiger partial charge in [0.2, 0.25) is 0 Å².